The lowest BCUT2D eigenvalue weighted by molar-refractivity contribution is 0.355. The maximum Gasteiger partial charge on any atom is 0.333 e. The van der Waals surface area contributed by atoms with E-state index in [-0.39, 0.29) is 17.1 Å². The van der Waals surface area contributed by atoms with Crippen LogP contribution in [-0.2, 0) is 7.05 Å². The van der Waals surface area contributed by atoms with Crippen molar-refractivity contribution in [2.45, 2.75) is 0 Å². The van der Waals surface area contributed by atoms with Crippen LogP contribution in [0.3, 0.4) is 0 Å². The molecule has 0 N–H and O–H groups in total. The number of benzene rings is 2. The number of nitriles is 1. The number of nitrogens with zero attached hydrogens (tertiary/aromatic N) is 4. The molecule has 4 aromatic rings. The molecule has 8 nitrogen and oxygen atoms in total. The quantitative estimate of drug-likeness (QED) is 0.516. The maximum atomic E-state index is 14.9. The van der Waals surface area contributed by atoms with E-state index >= 15 is 0 Å². The first-order valence-corrected chi connectivity index (χ1v) is 8.86. The van der Waals surface area contributed by atoms with Crippen LogP contribution < -0.4 is 19.9 Å². The summed E-state index contributed by atoms with van der Waals surface area (Å²) in [6.45, 7) is 0. The number of imidazole rings is 1. The second-order valence-electron chi connectivity index (χ2n) is 6.50. The summed E-state index contributed by atoms with van der Waals surface area (Å²) in [6, 6.07) is 9.16. The van der Waals surface area contributed by atoms with Crippen molar-refractivity contribution in [3.8, 4) is 29.1 Å². The lowest BCUT2D eigenvalue weighted by Gasteiger charge is -2.12. The molecular weight excluding hydrogens is 391 g/mol. The van der Waals surface area contributed by atoms with Gasteiger partial charge >= 0.3 is 5.69 Å². The standard InChI is InChI=1S/C21H17FN4O4/c1-25-19-18(26(21(25)27)15-6-5-11(10-23)7-13(15)22)12-8-16(28-2)17(29-3)9-14(12)24-20(19)30-4/h5-9H,1-4H3. The van der Waals surface area contributed by atoms with E-state index in [0.717, 1.165) is 6.07 Å². The van der Waals surface area contributed by atoms with Crippen LogP contribution in [0.2, 0.25) is 0 Å². The van der Waals surface area contributed by atoms with Crippen molar-refractivity contribution in [3.63, 3.8) is 0 Å². The van der Waals surface area contributed by atoms with Crippen molar-refractivity contribution in [2.75, 3.05) is 21.3 Å². The number of hydrogen-bond donors (Lipinski definition) is 0. The number of methoxy groups -OCH3 is 3. The molecule has 0 unspecified atom stereocenters. The van der Waals surface area contributed by atoms with Gasteiger partial charge < -0.3 is 14.2 Å². The maximum absolute atomic E-state index is 14.9. The summed E-state index contributed by atoms with van der Waals surface area (Å²) in [7, 11) is 6.00. The van der Waals surface area contributed by atoms with Gasteiger partial charge in [-0.2, -0.15) is 5.26 Å². The normalized spacial score (nSPS) is 10.9. The van der Waals surface area contributed by atoms with Crippen LogP contribution in [0.1, 0.15) is 5.56 Å². The molecular formula is C21H17FN4O4. The molecule has 0 atom stereocenters. The molecule has 152 valence electrons. The zero-order valence-corrected chi connectivity index (χ0v) is 16.7. The highest BCUT2D eigenvalue weighted by Gasteiger charge is 2.23. The molecule has 2 aromatic heterocycles. The zero-order valence-electron chi connectivity index (χ0n) is 16.7. The highest BCUT2D eigenvalue weighted by Crippen LogP contribution is 2.38. The first-order chi connectivity index (χ1) is 14.4. The van der Waals surface area contributed by atoms with E-state index in [1.54, 1.807) is 19.2 Å². The summed E-state index contributed by atoms with van der Waals surface area (Å²) in [4.78, 5) is 17.6. The van der Waals surface area contributed by atoms with Crippen LogP contribution in [0, 0.1) is 17.1 Å². The van der Waals surface area contributed by atoms with Gasteiger partial charge in [-0.25, -0.2) is 14.2 Å². The van der Waals surface area contributed by atoms with E-state index in [2.05, 4.69) is 4.98 Å². The molecule has 0 aliphatic rings. The summed E-state index contributed by atoms with van der Waals surface area (Å²) in [5, 5.41) is 9.58. The van der Waals surface area contributed by atoms with Gasteiger partial charge in [0.15, 0.2) is 11.5 Å². The molecule has 0 amide bonds. The molecule has 0 bridgehead atoms. The molecule has 0 aliphatic carbocycles. The topological polar surface area (TPSA) is 91.3 Å². The average molecular weight is 408 g/mol. The molecule has 2 heterocycles. The molecule has 0 radical (unpaired) electrons. The Labute approximate surface area is 170 Å². The summed E-state index contributed by atoms with van der Waals surface area (Å²) >= 11 is 0. The predicted octanol–water partition coefficient (Wildman–Crippen LogP) is 2.91. The minimum atomic E-state index is -0.701. The Bertz CT molecular complexity index is 1420. The first-order valence-electron chi connectivity index (χ1n) is 8.86. The largest absolute Gasteiger partial charge is 0.493 e. The third-order valence-electron chi connectivity index (χ3n) is 4.95. The number of hydrogen-bond acceptors (Lipinski definition) is 6. The Morgan fingerprint density at radius 3 is 2.33 bits per heavy atom. The lowest BCUT2D eigenvalue weighted by Crippen LogP contribution is -2.21. The van der Waals surface area contributed by atoms with E-state index in [0.29, 0.717) is 33.4 Å². The van der Waals surface area contributed by atoms with E-state index in [1.165, 1.54) is 42.6 Å². The molecule has 0 saturated carbocycles. The minimum absolute atomic E-state index is 0.00828. The van der Waals surface area contributed by atoms with Gasteiger partial charge in [-0.15, -0.1) is 0 Å². The van der Waals surface area contributed by atoms with E-state index in [9.17, 15) is 9.18 Å². The van der Waals surface area contributed by atoms with Gasteiger partial charge in [0.1, 0.15) is 11.3 Å². The number of aromatic nitrogens is 3. The Balaban J connectivity index is 2.24. The van der Waals surface area contributed by atoms with Crippen LogP contribution >= 0.6 is 0 Å². The number of rotatable bonds is 4. The van der Waals surface area contributed by atoms with Crippen molar-refractivity contribution in [3.05, 3.63) is 52.2 Å². The summed E-state index contributed by atoms with van der Waals surface area (Å²) in [6.07, 6.45) is 0. The Kier molecular flexibility index (Phi) is 4.54. The highest BCUT2D eigenvalue weighted by molar-refractivity contribution is 6.06. The summed E-state index contributed by atoms with van der Waals surface area (Å²) in [5.74, 6) is 0.389. The van der Waals surface area contributed by atoms with E-state index < -0.39 is 11.5 Å². The first kappa shape index (κ1) is 19.3. The summed E-state index contributed by atoms with van der Waals surface area (Å²) < 4.78 is 33.6. The van der Waals surface area contributed by atoms with Crippen LogP contribution in [0.15, 0.2) is 35.1 Å². The highest BCUT2D eigenvalue weighted by atomic mass is 19.1. The molecule has 0 fully saturated rings. The van der Waals surface area contributed by atoms with Crippen LogP contribution in [0.4, 0.5) is 4.39 Å². The fraction of sp³-hybridized carbons (Fsp3) is 0.190. The predicted molar refractivity (Wildman–Crippen MR) is 108 cm³/mol. The van der Waals surface area contributed by atoms with Gasteiger partial charge in [0.05, 0.1) is 49.7 Å². The second-order valence-corrected chi connectivity index (χ2v) is 6.50. The second kappa shape index (κ2) is 7.08. The Hall–Kier alpha value is -4.06. The minimum Gasteiger partial charge on any atom is -0.493 e. The zero-order chi connectivity index (χ0) is 21.6. The molecule has 4 rings (SSSR count). The third kappa shape index (κ3) is 2.65. The van der Waals surface area contributed by atoms with Crippen molar-refractivity contribution >= 4 is 21.9 Å². The average Bonchev–Trinajstić information content (AvgIpc) is 3.03. The van der Waals surface area contributed by atoms with Crippen LogP contribution in [0.25, 0.3) is 27.6 Å². The molecule has 30 heavy (non-hydrogen) atoms. The smallest absolute Gasteiger partial charge is 0.333 e. The molecule has 2 aromatic carbocycles. The van der Waals surface area contributed by atoms with Crippen molar-refractivity contribution in [2.24, 2.45) is 7.05 Å². The lowest BCUT2D eigenvalue weighted by atomic mass is 10.1. The van der Waals surface area contributed by atoms with Crippen LogP contribution in [-0.4, -0.2) is 35.4 Å². The monoisotopic (exact) mass is 408 g/mol. The Morgan fingerprint density at radius 2 is 1.73 bits per heavy atom. The van der Waals surface area contributed by atoms with Gasteiger partial charge in [0.2, 0.25) is 5.88 Å². The molecule has 0 aliphatic heterocycles. The number of halogens is 1. The fourth-order valence-corrected chi connectivity index (χ4v) is 3.54. The van der Waals surface area contributed by atoms with Crippen molar-refractivity contribution in [1.82, 2.24) is 14.1 Å². The summed E-state index contributed by atoms with van der Waals surface area (Å²) in [5.41, 5.74) is 0.940. The Morgan fingerprint density at radius 1 is 1.03 bits per heavy atom. The van der Waals surface area contributed by atoms with E-state index in [4.69, 9.17) is 19.5 Å². The number of aryl methyl sites for hydroxylation is 1. The molecule has 9 heteroatoms. The van der Waals surface area contributed by atoms with Gasteiger partial charge in [-0.05, 0) is 24.3 Å². The SMILES string of the molecule is COc1cc2nc(OC)c3c(c2cc1OC)n(-c1ccc(C#N)cc1F)c(=O)n3C. The van der Waals surface area contributed by atoms with Gasteiger partial charge in [-0.3, -0.25) is 9.13 Å². The molecule has 0 saturated heterocycles. The third-order valence-corrected chi connectivity index (χ3v) is 4.95. The van der Waals surface area contributed by atoms with Crippen molar-refractivity contribution < 1.29 is 18.6 Å². The molecule has 0 spiro atoms. The number of ether oxygens (including phenoxy) is 3. The van der Waals surface area contributed by atoms with Crippen molar-refractivity contribution in [1.29, 1.82) is 5.26 Å². The van der Waals surface area contributed by atoms with Gasteiger partial charge in [-0.1, -0.05) is 0 Å². The van der Waals surface area contributed by atoms with Gasteiger partial charge in [0.25, 0.3) is 0 Å². The van der Waals surface area contributed by atoms with Crippen LogP contribution in [0.5, 0.6) is 17.4 Å². The number of pyridine rings is 1. The fourth-order valence-electron chi connectivity index (χ4n) is 3.54. The van der Waals surface area contributed by atoms with E-state index in [1.807, 2.05) is 6.07 Å². The van der Waals surface area contributed by atoms with Gasteiger partial charge in [0, 0.05) is 18.5 Å². The number of fused-ring (bicyclic) bond motifs is 3.